The predicted molar refractivity (Wildman–Crippen MR) is 102 cm³/mol. The number of H-pyrrole nitrogens is 1. The fourth-order valence-corrected chi connectivity index (χ4v) is 6.29. The van der Waals surface area contributed by atoms with Gasteiger partial charge < -0.3 is 4.98 Å². The number of aromatic amines is 1. The Kier molecular flexibility index (Phi) is 4.98. The highest BCUT2D eigenvalue weighted by Gasteiger charge is 2.36. The van der Waals surface area contributed by atoms with Crippen molar-refractivity contribution < 1.29 is 16.8 Å². The van der Waals surface area contributed by atoms with E-state index >= 15 is 0 Å². The van der Waals surface area contributed by atoms with Crippen molar-refractivity contribution in [2.45, 2.75) is 11.8 Å². The fraction of sp³-hybridized carbons (Fsp3) is 0.125. The van der Waals surface area contributed by atoms with Crippen LogP contribution in [0.2, 0.25) is 5.02 Å². The second-order valence-electron chi connectivity index (χ2n) is 5.35. The molecule has 26 heavy (non-hydrogen) atoms. The number of hydrogen-bond acceptors (Lipinski definition) is 4. The molecule has 2 aromatic carbocycles. The summed E-state index contributed by atoms with van der Waals surface area (Å²) in [6.45, 7) is 1.59. The van der Waals surface area contributed by atoms with Crippen molar-refractivity contribution >= 4 is 48.4 Å². The van der Waals surface area contributed by atoms with Crippen molar-refractivity contribution in [2.75, 3.05) is 10.3 Å². The first-order valence-corrected chi connectivity index (χ1v) is 10.9. The molecular weight excluding hydrogens is 398 g/mol. The van der Waals surface area contributed by atoms with Crippen molar-refractivity contribution in [1.29, 1.82) is 0 Å². The third-order valence-corrected chi connectivity index (χ3v) is 7.90. The zero-order valence-corrected chi connectivity index (χ0v) is 16.1. The van der Waals surface area contributed by atoms with E-state index in [1.165, 1.54) is 36.5 Å². The molecule has 0 saturated carbocycles. The van der Waals surface area contributed by atoms with E-state index in [4.69, 9.17) is 11.6 Å². The van der Waals surface area contributed by atoms with Gasteiger partial charge in [0.2, 0.25) is 0 Å². The molecule has 138 valence electrons. The van der Waals surface area contributed by atoms with Gasteiger partial charge in [0.25, 0.3) is 10.0 Å². The molecule has 0 aliphatic carbocycles. The summed E-state index contributed by atoms with van der Waals surface area (Å²) >= 11 is 6.18. The van der Waals surface area contributed by atoms with E-state index in [0.29, 0.717) is 14.6 Å². The maximum atomic E-state index is 13.2. The minimum absolute atomic E-state index is 0.0278. The van der Waals surface area contributed by atoms with Crippen LogP contribution in [0.25, 0.3) is 10.9 Å². The van der Waals surface area contributed by atoms with Crippen LogP contribution in [0.3, 0.4) is 0 Å². The molecule has 0 spiro atoms. The number of fused-ring (bicyclic) bond motifs is 1. The van der Waals surface area contributed by atoms with Gasteiger partial charge in [-0.2, -0.15) is 21.6 Å². The summed E-state index contributed by atoms with van der Waals surface area (Å²) in [4.78, 5) is 2.74. The molecule has 0 aliphatic heterocycles. The lowest BCUT2D eigenvalue weighted by Crippen LogP contribution is -2.44. The molecule has 1 heterocycles. The van der Waals surface area contributed by atoms with Gasteiger partial charge in [-0.15, -0.1) is 3.71 Å². The standard InChI is InChI=1S/C16H16ClN3O4S2/c1-2-19-26(23,24)20(25(21,22)12-7-4-3-5-8-12)15-10-6-9-14-16(15)13(17)11-18-14/h3-11,18-19H,2H2,1H3. The zero-order chi connectivity index (χ0) is 18.9. The fourth-order valence-electron chi connectivity index (χ4n) is 2.59. The van der Waals surface area contributed by atoms with Gasteiger partial charge in [-0.25, -0.2) is 0 Å². The van der Waals surface area contributed by atoms with Crippen LogP contribution < -0.4 is 8.43 Å². The summed E-state index contributed by atoms with van der Waals surface area (Å²) in [5.41, 5.74) is 0.464. The number of sulfonamides is 1. The molecule has 3 rings (SSSR count). The number of rotatable bonds is 6. The Morgan fingerprint density at radius 2 is 1.73 bits per heavy atom. The molecule has 0 amide bonds. The highest BCUT2D eigenvalue weighted by molar-refractivity contribution is 8.09. The number of anilines is 1. The highest BCUT2D eigenvalue weighted by atomic mass is 35.5. The molecule has 7 nitrogen and oxygen atoms in total. The number of halogens is 1. The summed E-state index contributed by atoms with van der Waals surface area (Å²) in [7, 11) is -8.80. The van der Waals surface area contributed by atoms with Crippen LogP contribution in [0.5, 0.6) is 0 Å². The first-order valence-electron chi connectivity index (χ1n) is 7.65. The normalized spacial score (nSPS) is 12.4. The third-order valence-electron chi connectivity index (χ3n) is 3.64. The van der Waals surface area contributed by atoms with Gasteiger partial charge in [-0.05, 0) is 24.3 Å². The van der Waals surface area contributed by atoms with Crippen molar-refractivity contribution in [3.8, 4) is 0 Å². The second kappa shape index (κ2) is 6.92. The largest absolute Gasteiger partial charge is 0.360 e. The molecule has 0 unspecified atom stereocenters. The van der Waals surface area contributed by atoms with E-state index in [1.54, 1.807) is 25.1 Å². The maximum absolute atomic E-state index is 13.2. The SMILES string of the molecule is CCNS(=O)(=O)N(c1cccc2[nH]cc(Cl)c12)S(=O)(=O)c1ccccc1. The van der Waals surface area contributed by atoms with Gasteiger partial charge >= 0.3 is 10.2 Å². The van der Waals surface area contributed by atoms with Crippen molar-refractivity contribution in [1.82, 2.24) is 9.71 Å². The molecule has 0 saturated heterocycles. The maximum Gasteiger partial charge on any atom is 0.315 e. The van der Waals surface area contributed by atoms with Crippen molar-refractivity contribution in [2.24, 2.45) is 0 Å². The van der Waals surface area contributed by atoms with Gasteiger partial charge in [0.15, 0.2) is 0 Å². The van der Waals surface area contributed by atoms with Gasteiger partial charge in [0.1, 0.15) is 0 Å². The Balaban J connectivity index is 2.35. The Hall–Kier alpha value is -2.07. The van der Waals surface area contributed by atoms with Gasteiger partial charge in [-0.3, -0.25) is 0 Å². The minimum atomic E-state index is -4.41. The summed E-state index contributed by atoms with van der Waals surface area (Å²) in [5.74, 6) is 0. The summed E-state index contributed by atoms with van der Waals surface area (Å²) in [6.07, 6.45) is 1.48. The van der Waals surface area contributed by atoms with Crippen LogP contribution in [-0.4, -0.2) is 28.4 Å². The molecule has 2 N–H and O–H groups in total. The Morgan fingerprint density at radius 3 is 2.38 bits per heavy atom. The van der Waals surface area contributed by atoms with Crippen LogP contribution in [0.1, 0.15) is 6.92 Å². The molecule has 0 bridgehead atoms. The van der Waals surface area contributed by atoms with E-state index in [-0.39, 0.29) is 22.2 Å². The quantitative estimate of drug-likeness (QED) is 0.649. The number of hydrogen-bond donors (Lipinski definition) is 2. The minimum Gasteiger partial charge on any atom is -0.360 e. The smallest absolute Gasteiger partial charge is 0.315 e. The molecule has 0 atom stereocenters. The second-order valence-corrected chi connectivity index (χ2v) is 9.38. The van der Waals surface area contributed by atoms with Crippen molar-refractivity contribution in [3.05, 3.63) is 59.8 Å². The monoisotopic (exact) mass is 413 g/mol. The number of nitrogens with one attached hydrogen (secondary N) is 2. The van der Waals surface area contributed by atoms with E-state index in [1.807, 2.05) is 0 Å². The predicted octanol–water partition coefficient (Wildman–Crippen LogP) is 2.87. The molecule has 3 aromatic rings. The Labute approximate surface area is 156 Å². The summed E-state index contributed by atoms with van der Waals surface area (Å²) in [5, 5.41) is 0.519. The lowest BCUT2D eigenvalue weighted by atomic mass is 10.2. The average molecular weight is 414 g/mol. The Bertz CT molecular complexity index is 1140. The van der Waals surface area contributed by atoms with Crippen LogP contribution >= 0.6 is 11.6 Å². The lowest BCUT2D eigenvalue weighted by Gasteiger charge is -2.24. The van der Waals surface area contributed by atoms with Crippen LogP contribution in [0.4, 0.5) is 5.69 Å². The summed E-state index contributed by atoms with van der Waals surface area (Å²) < 4.78 is 54.6. The topological polar surface area (TPSA) is 99.3 Å². The first-order chi connectivity index (χ1) is 12.3. The van der Waals surface area contributed by atoms with E-state index < -0.39 is 20.2 Å². The van der Waals surface area contributed by atoms with E-state index in [0.717, 1.165) is 0 Å². The summed E-state index contributed by atoms with van der Waals surface area (Å²) in [6, 6.07) is 12.0. The third kappa shape index (κ3) is 3.18. The highest BCUT2D eigenvalue weighted by Crippen LogP contribution is 2.36. The van der Waals surface area contributed by atoms with E-state index in [2.05, 4.69) is 9.71 Å². The molecule has 0 radical (unpaired) electrons. The van der Waals surface area contributed by atoms with Gasteiger partial charge in [0, 0.05) is 23.6 Å². The molecule has 0 aliphatic rings. The molecule has 0 fully saturated rings. The zero-order valence-electron chi connectivity index (χ0n) is 13.7. The Morgan fingerprint density at radius 1 is 1.04 bits per heavy atom. The van der Waals surface area contributed by atoms with Crippen LogP contribution in [0, 0.1) is 0 Å². The number of nitrogens with zero attached hydrogens (tertiary/aromatic N) is 1. The molecule has 10 heteroatoms. The lowest BCUT2D eigenvalue weighted by molar-refractivity contribution is 0.576. The average Bonchev–Trinajstić information content (AvgIpc) is 2.97. The number of aromatic nitrogens is 1. The van der Waals surface area contributed by atoms with Gasteiger partial charge in [0.05, 0.1) is 15.6 Å². The molecule has 1 aromatic heterocycles. The van der Waals surface area contributed by atoms with Gasteiger partial charge in [-0.1, -0.05) is 42.8 Å². The van der Waals surface area contributed by atoms with Crippen LogP contribution in [0.15, 0.2) is 59.6 Å². The molecular formula is C16H16ClN3O4S2. The van der Waals surface area contributed by atoms with E-state index in [9.17, 15) is 16.8 Å². The van der Waals surface area contributed by atoms with Crippen molar-refractivity contribution in [3.63, 3.8) is 0 Å². The van der Waals surface area contributed by atoms with Crippen LogP contribution in [-0.2, 0) is 20.2 Å². The first kappa shape index (κ1) is 18.7. The number of benzene rings is 2.